The van der Waals surface area contributed by atoms with E-state index in [1.165, 1.54) is 5.56 Å². The van der Waals surface area contributed by atoms with Gasteiger partial charge < -0.3 is 4.42 Å². The van der Waals surface area contributed by atoms with Gasteiger partial charge in [0.1, 0.15) is 0 Å². The van der Waals surface area contributed by atoms with E-state index in [0.717, 1.165) is 10.0 Å². The lowest BCUT2D eigenvalue weighted by Crippen LogP contribution is -1.87. The first-order chi connectivity index (χ1) is 10.2. The van der Waals surface area contributed by atoms with Crippen molar-refractivity contribution in [3.63, 3.8) is 0 Å². The van der Waals surface area contributed by atoms with Crippen LogP contribution >= 0.6 is 27.7 Å². The highest BCUT2D eigenvalue weighted by Crippen LogP contribution is 2.35. The Morgan fingerprint density at radius 3 is 2.62 bits per heavy atom. The predicted octanol–water partition coefficient (Wildman–Crippen LogP) is 5.35. The molecular weight excluding hydrogens is 348 g/mol. The van der Waals surface area contributed by atoms with Gasteiger partial charge in [-0.05, 0) is 30.7 Å². The predicted molar refractivity (Wildman–Crippen MR) is 88.1 cm³/mol. The van der Waals surface area contributed by atoms with E-state index in [1.54, 1.807) is 11.8 Å². The minimum Gasteiger partial charge on any atom is -0.411 e. The number of aromatic nitrogens is 2. The number of thioether (sulfide) groups is 1. The zero-order valence-corrected chi connectivity index (χ0v) is 13.8. The Kier molecular flexibility index (Phi) is 4.41. The van der Waals surface area contributed by atoms with E-state index in [-0.39, 0.29) is 5.25 Å². The van der Waals surface area contributed by atoms with Crippen LogP contribution in [0.4, 0.5) is 0 Å². The fourth-order valence-corrected chi connectivity index (χ4v) is 3.15. The second-order valence-corrected chi connectivity index (χ2v) is 6.76. The highest BCUT2D eigenvalue weighted by molar-refractivity contribution is 9.10. The molecule has 0 spiro atoms. The summed E-state index contributed by atoms with van der Waals surface area (Å²) in [5.74, 6) is 0.541. The Hall–Kier alpha value is -1.59. The number of nitrogens with zero attached hydrogens (tertiary/aromatic N) is 2. The number of halogens is 1. The lowest BCUT2D eigenvalue weighted by atomic mass is 10.2. The molecule has 5 heteroatoms. The molecule has 1 unspecified atom stereocenters. The molecule has 0 amide bonds. The number of hydrogen-bond acceptors (Lipinski definition) is 4. The van der Waals surface area contributed by atoms with Crippen LogP contribution in [0.5, 0.6) is 0 Å². The van der Waals surface area contributed by atoms with E-state index in [0.29, 0.717) is 11.1 Å². The van der Waals surface area contributed by atoms with E-state index >= 15 is 0 Å². The average molecular weight is 361 g/mol. The SMILES string of the molecule is CC(Sc1nnc(-c2cccc(Br)c2)o1)c1ccccc1. The average Bonchev–Trinajstić information content (AvgIpc) is 2.97. The molecule has 0 saturated carbocycles. The molecule has 21 heavy (non-hydrogen) atoms. The summed E-state index contributed by atoms with van der Waals surface area (Å²) >= 11 is 5.01. The molecule has 0 radical (unpaired) electrons. The van der Waals surface area contributed by atoms with Crippen molar-refractivity contribution in [2.24, 2.45) is 0 Å². The van der Waals surface area contributed by atoms with Gasteiger partial charge in [-0.2, -0.15) is 0 Å². The van der Waals surface area contributed by atoms with Crippen LogP contribution in [0.15, 0.2) is 68.7 Å². The highest BCUT2D eigenvalue weighted by atomic mass is 79.9. The summed E-state index contributed by atoms with van der Waals surface area (Å²) in [6.45, 7) is 2.13. The summed E-state index contributed by atoms with van der Waals surface area (Å²) in [6, 6.07) is 18.1. The first-order valence-electron chi connectivity index (χ1n) is 6.53. The van der Waals surface area contributed by atoms with Gasteiger partial charge in [-0.1, -0.05) is 64.1 Å². The summed E-state index contributed by atoms with van der Waals surface area (Å²) in [7, 11) is 0. The molecule has 1 aromatic heterocycles. The second kappa shape index (κ2) is 6.45. The quantitative estimate of drug-likeness (QED) is 0.587. The fraction of sp³-hybridized carbons (Fsp3) is 0.125. The lowest BCUT2D eigenvalue weighted by molar-refractivity contribution is 0.465. The molecule has 2 aromatic carbocycles. The monoisotopic (exact) mass is 360 g/mol. The first-order valence-corrected chi connectivity index (χ1v) is 8.20. The van der Waals surface area contributed by atoms with Crippen LogP contribution in [0.3, 0.4) is 0 Å². The summed E-state index contributed by atoms with van der Waals surface area (Å²) in [6.07, 6.45) is 0. The molecule has 0 aliphatic rings. The van der Waals surface area contributed by atoms with Crippen molar-refractivity contribution >= 4 is 27.7 Å². The molecular formula is C16H13BrN2OS. The molecule has 0 aliphatic heterocycles. The third-order valence-electron chi connectivity index (χ3n) is 3.02. The molecule has 0 bridgehead atoms. The van der Waals surface area contributed by atoms with Crippen LogP contribution in [0.1, 0.15) is 17.7 Å². The molecule has 106 valence electrons. The van der Waals surface area contributed by atoms with Crippen LogP contribution in [0.25, 0.3) is 11.5 Å². The molecule has 0 aliphatic carbocycles. The Morgan fingerprint density at radius 1 is 1.05 bits per heavy atom. The molecule has 1 atom stereocenters. The van der Waals surface area contributed by atoms with Crippen molar-refractivity contribution in [3.8, 4) is 11.5 Å². The summed E-state index contributed by atoms with van der Waals surface area (Å²) in [4.78, 5) is 0. The normalized spacial score (nSPS) is 12.3. The van der Waals surface area contributed by atoms with E-state index in [1.807, 2.05) is 42.5 Å². The van der Waals surface area contributed by atoms with Gasteiger partial charge >= 0.3 is 0 Å². The number of hydrogen-bond donors (Lipinski definition) is 0. The van der Waals surface area contributed by atoms with Crippen molar-refractivity contribution in [3.05, 3.63) is 64.6 Å². The third-order valence-corrected chi connectivity index (χ3v) is 4.51. The van der Waals surface area contributed by atoms with Gasteiger partial charge in [0.15, 0.2) is 0 Å². The molecule has 0 saturated heterocycles. The van der Waals surface area contributed by atoms with Crippen molar-refractivity contribution in [2.45, 2.75) is 17.4 Å². The summed E-state index contributed by atoms with van der Waals surface area (Å²) < 4.78 is 6.73. The van der Waals surface area contributed by atoms with Gasteiger partial charge in [0.05, 0.1) is 0 Å². The Balaban J connectivity index is 1.76. The summed E-state index contributed by atoms with van der Waals surface area (Å²) in [5.41, 5.74) is 2.15. The first kappa shape index (κ1) is 14.4. The standard InChI is InChI=1S/C16H13BrN2OS/c1-11(12-6-3-2-4-7-12)21-16-19-18-15(20-16)13-8-5-9-14(17)10-13/h2-11H,1H3. The fourth-order valence-electron chi connectivity index (χ4n) is 1.94. The number of benzene rings is 2. The molecule has 3 nitrogen and oxygen atoms in total. The maximum Gasteiger partial charge on any atom is 0.277 e. The molecule has 3 aromatic rings. The van der Waals surface area contributed by atoms with Crippen molar-refractivity contribution in [2.75, 3.05) is 0 Å². The van der Waals surface area contributed by atoms with Gasteiger partial charge in [-0.15, -0.1) is 10.2 Å². The summed E-state index contributed by atoms with van der Waals surface area (Å²) in [5, 5.41) is 9.08. The minimum absolute atomic E-state index is 0.266. The topological polar surface area (TPSA) is 38.9 Å². The Morgan fingerprint density at radius 2 is 1.86 bits per heavy atom. The van der Waals surface area contributed by atoms with Gasteiger partial charge in [-0.3, -0.25) is 0 Å². The smallest absolute Gasteiger partial charge is 0.277 e. The zero-order valence-electron chi connectivity index (χ0n) is 11.4. The van der Waals surface area contributed by atoms with Gasteiger partial charge in [-0.25, -0.2) is 0 Å². The van der Waals surface area contributed by atoms with E-state index < -0.39 is 0 Å². The van der Waals surface area contributed by atoms with Crippen LogP contribution in [0.2, 0.25) is 0 Å². The van der Waals surface area contributed by atoms with Gasteiger partial charge in [0.2, 0.25) is 5.89 Å². The van der Waals surface area contributed by atoms with Gasteiger partial charge in [0.25, 0.3) is 5.22 Å². The van der Waals surface area contributed by atoms with Crippen LogP contribution in [0, 0.1) is 0 Å². The molecule has 0 fully saturated rings. The minimum atomic E-state index is 0.266. The maximum atomic E-state index is 5.74. The Bertz CT molecular complexity index is 730. The second-order valence-electron chi connectivity index (χ2n) is 4.55. The molecule has 0 N–H and O–H groups in total. The largest absolute Gasteiger partial charge is 0.411 e. The van der Waals surface area contributed by atoms with Crippen molar-refractivity contribution < 1.29 is 4.42 Å². The zero-order chi connectivity index (χ0) is 14.7. The van der Waals surface area contributed by atoms with Gasteiger partial charge in [0, 0.05) is 15.3 Å². The third kappa shape index (κ3) is 3.54. The van der Waals surface area contributed by atoms with E-state index in [2.05, 4.69) is 45.2 Å². The molecule has 3 rings (SSSR count). The number of rotatable bonds is 4. The lowest BCUT2D eigenvalue weighted by Gasteiger charge is -2.07. The van der Waals surface area contributed by atoms with Crippen LogP contribution < -0.4 is 0 Å². The van der Waals surface area contributed by atoms with Crippen LogP contribution in [-0.4, -0.2) is 10.2 Å². The Labute approximate surface area is 135 Å². The van der Waals surface area contributed by atoms with Crippen molar-refractivity contribution in [1.29, 1.82) is 0 Å². The van der Waals surface area contributed by atoms with Crippen molar-refractivity contribution in [1.82, 2.24) is 10.2 Å². The van der Waals surface area contributed by atoms with E-state index in [9.17, 15) is 0 Å². The highest BCUT2D eigenvalue weighted by Gasteiger charge is 2.14. The maximum absolute atomic E-state index is 5.74. The van der Waals surface area contributed by atoms with E-state index in [4.69, 9.17) is 4.42 Å². The van der Waals surface area contributed by atoms with Crippen LogP contribution in [-0.2, 0) is 0 Å². The molecule has 1 heterocycles.